The number of alkyl halides is 2. The molecule has 7 nitrogen and oxygen atoms in total. The molecule has 0 spiro atoms. The Morgan fingerprint density at radius 3 is 2.52 bits per heavy atom. The van der Waals surface area contributed by atoms with Gasteiger partial charge in [0, 0.05) is 29.7 Å². The van der Waals surface area contributed by atoms with E-state index in [1.54, 1.807) is 6.07 Å². The summed E-state index contributed by atoms with van der Waals surface area (Å²) in [5.41, 5.74) is -0.799. The molecule has 3 N–H and O–H groups in total. The van der Waals surface area contributed by atoms with Crippen molar-refractivity contribution in [2.75, 3.05) is 0 Å². The second kappa shape index (κ2) is 8.08. The van der Waals surface area contributed by atoms with Crippen molar-refractivity contribution < 1.29 is 28.2 Å². The number of aliphatic hydroxyl groups is 1. The van der Waals surface area contributed by atoms with Gasteiger partial charge < -0.3 is 20.5 Å². The van der Waals surface area contributed by atoms with Crippen LogP contribution < -0.4 is 15.4 Å². The predicted molar refractivity (Wildman–Crippen MR) is 102 cm³/mol. The van der Waals surface area contributed by atoms with Crippen LogP contribution in [-0.2, 0) is 4.79 Å². The number of carbonyl (C=O) groups excluding carboxylic acids is 2. The van der Waals surface area contributed by atoms with Crippen molar-refractivity contribution in [2.45, 2.75) is 51.0 Å². The Morgan fingerprint density at radius 1 is 1.24 bits per heavy atom. The second-order valence-corrected chi connectivity index (χ2v) is 7.86. The average molecular weight is 428 g/mol. The highest BCUT2D eigenvalue weighted by atomic mass is 35.5. The summed E-state index contributed by atoms with van der Waals surface area (Å²) in [5.74, 6) is -0.994. The van der Waals surface area contributed by atoms with Crippen molar-refractivity contribution in [1.29, 1.82) is 0 Å². The van der Waals surface area contributed by atoms with Crippen LogP contribution in [0.15, 0.2) is 24.4 Å². The van der Waals surface area contributed by atoms with Crippen molar-refractivity contribution in [1.82, 2.24) is 15.6 Å². The Bertz CT molecular complexity index is 943. The fourth-order valence-electron chi connectivity index (χ4n) is 2.92. The summed E-state index contributed by atoms with van der Waals surface area (Å²) in [5, 5.41) is 15.7. The number of ether oxygens (including phenoxy) is 1. The first-order valence-corrected chi connectivity index (χ1v) is 9.29. The third-order valence-corrected chi connectivity index (χ3v) is 4.87. The topological polar surface area (TPSA) is 101 Å². The molecule has 1 saturated carbocycles. The quantitative estimate of drug-likeness (QED) is 0.658. The van der Waals surface area contributed by atoms with E-state index in [0.29, 0.717) is 29.3 Å². The zero-order valence-corrected chi connectivity index (χ0v) is 16.5. The lowest BCUT2D eigenvalue weighted by atomic mass is 9.86. The smallest absolute Gasteiger partial charge is 0.387 e. The number of hydrogen-bond acceptors (Lipinski definition) is 5. The zero-order valence-electron chi connectivity index (χ0n) is 15.7. The summed E-state index contributed by atoms with van der Waals surface area (Å²) in [6, 6.07) is 4.02. The molecular formula is C19H20ClF2N3O4. The van der Waals surface area contributed by atoms with E-state index < -0.39 is 18.1 Å². The van der Waals surface area contributed by atoms with Crippen molar-refractivity contribution in [3.8, 4) is 5.75 Å². The first kappa shape index (κ1) is 21.2. The number of halogens is 3. The van der Waals surface area contributed by atoms with Gasteiger partial charge >= 0.3 is 6.61 Å². The maximum absolute atomic E-state index is 12.4. The Labute approximate surface area is 170 Å². The minimum Gasteiger partial charge on any atom is -0.433 e. The molecule has 1 aromatic heterocycles. The second-order valence-electron chi connectivity index (χ2n) is 7.45. The average Bonchev–Trinajstić information content (AvgIpc) is 2.58. The molecule has 1 aliphatic rings. The summed E-state index contributed by atoms with van der Waals surface area (Å²) < 4.78 is 29.1. The number of fused-ring (bicyclic) bond motifs is 1. The maximum Gasteiger partial charge on any atom is 0.387 e. The number of nitrogens with zero attached hydrogens (tertiary/aromatic N) is 1. The highest BCUT2D eigenvalue weighted by Gasteiger charge is 2.34. The van der Waals surface area contributed by atoms with E-state index in [4.69, 9.17) is 11.6 Å². The Hall–Kier alpha value is -2.52. The van der Waals surface area contributed by atoms with Gasteiger partial charge in [-0.15, -0.1) is 0 Å². The van der Waals surface area contributed by atoms with E-state index in [2.05, 4.69) is 20.4 Å². The van der Waals surface area contributed by atoms with Crippen LogP contribution in [-0.4, -0.2) is 46.2 Å². The van der Waals surface area contributed by atoms with Crippen molar-refractivity contribution in [2.24, 2.45) is 0 Å². The fraction of sp³-hybridized carbons (Fsp3) is 0.421. The highest BCUT2D eigenvalue weighted by Crippen LogP contribution is 2.31. The molecule has 156 valence electrons. The monoisotopic (exact) mass is 427 g/mol. The van der Waals surface area contributed by atoms with E-state index in [1.807, 2.05) is 0 Å². The third-order valence-electron chi connectivity index (χ3n) is 4.58. The van der Waals surface area contributed by atoms with Gasteiger partial charge in [-0.1, -0.05) is 11.6 Å². The molecule has 29 heavy (non-hydrogen) atoms. The summed E-state index contributed by atoms with van der Waals surface area (Å²) in [6.45, 7) is -0.196. The third kappa shape index (κ3) is 5.10. The van der Waals surface area contributed by atoms with Gasteiger partial charge in [0.15, 0.2) is 0 Å². The van der Waals surface area contributed by atoms with Gasteiger partial charge in [-0.25, -0.2) is 0 Å². The summed E-state index contributed by atoms with van der Waals surface area (Å²) in [6.07, 6.45) is 2.44. The van der Waals surface area contributed by atoms with Crippen molar-refractivity contribution in [3.05, 3.63) is 35.0 Å². The van der Waals surface area contributed by atoms with E-state index in [-0.39, 0.29) is 28.8 Å². The summed E-state index contributed by atoms with van der Waals surface area (Å²) in [7, 11) is 0. The molecule has 1 heterocycles. The lowest BCUT2D eigenvalue weighted by Crippen LogP contribution is -2.56. The standard InChI is InChI=1S/C19H20ClF2N3O4/c1-19(2,28)17(27)25-12-5-11(6-12)24-16(26)10-3-9-4-13(20)15(29-18(21)22)7-14(9)23-8-10/h3-4,7-8,11-12,18,28H,5-6H2,1-2H3,(H,24,26)(H,25,27). The molecule has 1 fully saturated rings. The van der Waals surface area contributed by atoms with Crippen LogP contribution in [0.3, 0.4) is 0 Å². The maximum atomic E-state index is 12.4. The molecule has 0 atom stereocenters. The fourth-order valence-corrected chi connectivity index (χ4v) is 3.14. The minimum atomic E-state index is -3.01. The predicted octanol–water partition coefficient (Wildman–Crippen LogP) is 2.64. The van der Waals surface area contributed by atoms with Gasteiger partial charge in [0.1, 0.15) is 11.4 Å². The van der Waals surface area contributed by atoms with Crippen LogP contribution in [0.5, 0.6) is 5.75 Å². The Balaban J connectivity index is 1.61. The van der Waals surface area contributed by atoms with Gasteiger partial charge in [0.2, 0.25) is 0 Å². The Kier molecular flexibility index (Phi) is 5.90. The van der Waals surface area contributed by atoms with Crippen LogP contribution in [0, 0.1) is 0 Å². The van der Waals surface area contributed by atoms with Crippen LogP contribution in [0.25, 0.3) is 10.9 Å². The molecule has 1 aliphatic carbocycles. The summed E-state index contributed by atoms with van der Waals surface area (Å²) in [4.78, 5) is 28.3. The number of amides is 2. The van der Waals surface area contributed by atoms with Crippen LogP contribution in [0.1, 0.15) is 37.0 Å². The van der Waals surface area contributed by atoms with Gasteiger partial charge in [0.05, 0.1) is 16.1 Å². The molecule has 0 bridgehead atoms. The number of pyridine rings is 1. The molecule has 0 radical (unpaired) electrons. The lowest BCUT2D eigenvalue weighted by molar-refractivity contribution is -0.137. The molecular weight excluding hydrogens is 408 g/mol. The van der Waals surface area contributed by atoms with Gasteiger partial charge in [-0.05, 0) is 38.8 Å². The van der Waals surface area contributed by atoms with E-state index >= 15 is 0 Å². The van der Waals surface area contributed by atoms with Crippen LogP contribution in [0.4, 0.5) is 8.78 Å². The lowest BCUT2D eigenvalue weighted by Gasteiger charge is -2.37. The number of benzene rings is 1. The van der Waals surface area contributed by atoms with E-state index in [1.165, 1.54) is 32.2 Å². The molecule has 0 aliphatic heterocycles. The molecule has 0 unspecified atom stereocenters. The summed E-state index contributed by atoms with van der Waals surface area (Å²) >= 11 is 5.95. The van der Waals surface area contributed by atoms with Crippen LogP contribution in [0.2, 0.25) is 5.02 Å². The Morgan fingerprint density at radius 2 is 1.90 bits per heavy atom. The molecule has 2 aromatic rings. The van der Waals surface area contributed by atoms with Gasteiger partial charge in [-0.2, -0.15) is 8.78 Å². The number of hydrogen-bond donors (Lipinski definition) is 3. The molecule has 10 heteroatoms. The molecule has 1 aromatic carbocycles. The number of aromatic nitrogens is 1. The largest absolute Gasteiger partial charge is 0.433 e. The number of carbonyl (C=O) groups is 2. The SMILES string of the molecule is CC(C)(O)C(=O)NC1CC(NC(=O)c2cnc3cc(OC(F)F)c(Cl)cc3c2)C1. The van der Waals surface area contributed by atoms with Gasteiger partial charge in [0.25, 0.3) is 11.8 Å². The highest BCUT2D eigenvalue weighted by molar-refractivity contribution is 6.32. The number of nitrogens with one attached hydrogen (secondary N) is 2. The minimum absolute atomic E-state index is 0.0125. The molecule has 3 rings (SSSR count). The van der Waals surface area contributed by atoms with Gasteiger partial charge in [-0.3, -0.25) is 14.6 Å². The first-order chi connectivity index (χ1) is 13.5. The van der Waals surface area contributed by atoms with E-state index in [9.17, 15) is 23.5 Å². The molecule has 2 amide bonds. The van der Waals surface area contributed by atoms with Crippen molar-refractivity contribution >= 4 is 34.3 Å². The zero-order chi connectivity index (χ0) is 21.3. The number of rotatable bonds is 6. The normalized spacial score (nSPS) is 19.0. The van der Waals surface area contributed by atoms with Crippen LogP contribution >= 0.6 is 11.6 Å². The molecule has 0 saturated heterocycles. The van der Waals surface area contributed by atoms with Crippen molar-refractivity contribution in [3.63, 3.8) is 0 Å². The first-order valence-electron chi connectivity index (χ1n) is 8.91. The van der Waals surface area contributed by atoms with E-state index in [0.717, 1.165) is 0 Å².